The third kappa shape index (κ3) is 2.90. The van der Waals surface area contributed by atoms with Gasteiger partial charge in [-0.1, -0.05) is 6.08 Å². The second kappa shape index (κ2) is 5.84. The Hall–Kier alpha value is -2.90. The number of amides is 2. The van der Waals surface area contributed by atoms with E-state index in [1.807, 2.05) is 0 Å². The van der Waals surface area contributed by atoms with E-state index in [-0.39, 0.29) is 11.5 Å². The number of carbonyl (C=O) groups excluding carboxylic acids is 2. The zero-order valence-corrected chi connectivity index (χ0v) is 12.6. The number of nitrogens with one attached hydrogen (secondary N) is 1. The summed E-state index contributed by atoms with van der Waals surface area (Å²) >= 11 is 0. The molecule has 0 aliphatic rings. The normalized spacial score (nSPS) is 11.8. The van der Waals surface area contributed by atoms with Crippen molar-refractivity contribution in [3.05, 3.63) is 36.3 Å². The average molecular weight is 302 g/mol. The molecule has 0 bridgehead atoms. The zero-order valence-electron chi connectivity index (χ0n) is 12.6. The fourth-order valence-electron chi connectivity index (χ4n) is 1.92. The van der Waals surface area contributed by atoms with Crippen LogP contribution in [0.25, 0.3) is 12.0 Å². The molecule has 0 fully saturated rings. The number of carbonyl (C=O) groups is 2. The van der Waals surface area contributed by atoms with Crippen molar-refractivity contribution in [2.75, 3.05) is 7.05 Å². The first kappa shape index (κ1) is 15.5. The summed E-state index contributed by atoms with van der Waals surface area (Å²) in [6, 6.07) is 1.72. The molecular weight excluding hydrogens is 284 g/mol. The highest BCUT2D eigenvalue weighted by atomic mass is 16.2. The van der Waals surface area contributed by atoms with Crippen LogP contribution in [0.2, 0.25) is 0 Å². The van der Waals surface area contributed by atoms with Gasteiger partial charge in [-0.25, -0.2) is 9.36 Å². The van der Waals surface area contributed by atoms with Gasteiger partial charge in [-0.15, -0.1) is 0 Å². The second-order valence-electron chi connectivity index (χ2n) is 5.26. The summed E-state index contributed by atoms with van der Waals surface area (Å²) in [4.78, 5) is 23.3. The highest BCUT2D eigenvalue weighted by molar-refractivity contribution is 5.96. The summed E-state index contributed by atoms with van der Waals surface area (Å²) in [7, 11) is 1.58. The molecule has 0 aliphatic carbocycles. The minimum atomic E-state index is -0.727. The van der Waals surface area contributed by atoms with Crippen molar-refractivity contribution in [1.82, 2.24) is 24.9 Å². The van der Waals surface area contributed by atoms with E-state index >= 15 is 0 Å². The van der Waals surface area contributed by atoms with Crippen molar-refractivity contribution in [2.45, 2.75) is 13.8 Å². The molecule has 2 aromatic heterocycles. The Morgan fingerprint density at radius 1 is 1.36 bits per heavy atom. The monoisotopic (exact) mass is 302 g/mol. The topological polar surface area (TPSA) is 108 Å². The standard InChI is InChI=1S/C14H18N6O2/c1-14(2,13(22)16-3)5-8-20-12(19-7-4-6-17-19)10(9-18-20)11(15)21/h4-9H,1-3H3,(H2,15,21)(H,16,22)/b8-5+. The van der Waals surface area contributed by atoms with Crippen molar-refractivity contribution >= 4 is 18.0 Å². The minimum Gasteiger partial charge on any atom is -0.365 e. The molecule has 0 aromatic carbocycles. The summed E-state index contributed by atoms with van der Waals surface area (Å²) in [5, 5.41) is 10.8. The summed E-state index contributed by atoms with van der Waals surface area (Å²) < 4.78 is 2.95. The van der Waals surface area contributed by atoms with E-state index in [1.165, 1.54) is 15.6 Å². The second-order valence-corrected chi connectivity index (χ2v) is 5.26. The molecule has 8 nitrogen and oxygen atoms in total. The maximum absolute atomic E-state index is 11.8. The Morgan fingerprint density at radius 2 is 2.09 bits per heavy atom. The highest BCUT2D eigenvalue weighted by Crippen LogP contribution is 2.19. The lowest BCUT2D eigenvalue weighted by Crippen LogP contribution is -2.32. The SMILES string of the molecule is CNC(=O)C(C)(C)/C=C/n1ncc(C(N)=O)c1-n1cccn1. The number of rotatable bonds is 5. The van der Waals surface area contributed by atoms with Crippen LogP contribution in [-0.2, 0) is 4.79 Å². The minimum absolute atomic E-state index is 0.133. The van der Waals surface area contributed by atoms with Crippen molar-refractivity contribution < 1.29 is 9.59 Å². The number of nitrogens with zero attached hydrogens (tertiary/aromatic N) is 4. The van der Waals surface area contributed by atoms with Gasteiger partial charge in [-0.2, -0.15) is 10.2 Å². The van der Waals surface area contributed by atoms with Crippen molar-refractivity contribution in [2.24, 2.45) is 11.1 Å². The van der Waals surface area contributed by atoms with Crippen LogP contribution in [0, 0.1) is 5.41 Å². The Balaban J connectivity index is 2.45. The summed E-state index contributed by atoms with van der Waals surface area (Å²) in [5.41, 5.74) is 4.88. The lowest BCUT2D eigenvalue weighted by atomic mass is 9.92. The van der Waals surface area contributed by atoms with E-state index in [2.05, 4.69) is 15.5 Å². The molecule has 116 valence electrons. The van der Waals surface area contributed by atoms with Crippen LogP contribution in [-0.4, -0.2) is 38.4 Å². The number of primary amides is 1. The molecule has 8 heteroatoms. The van der Waals surface area contributed by atoms with Gasteiger partial charge in [0, 0.05) is 25.6 Å². The van der Waals surface area contributed by atoms with Gasteiger partial charge >= 0.3 is 0 Å². The molecule has 0 saturated heterocycles. The van der Waals surface area contributed by atoms with Crippen LogP contribution in [0.3, 0.4) is 0 Å². The molecule has 2 heterocycles. The summed E-state index contributed by atoms with van der Waals surface area (Å²) in [5.74, 6) is -0.316. The summed E-state index contributed by atoms with van der Waals surface area (Å²) in [6.07, 6.45) is 7.93. The molecule has 0 spiro atoms. The number of aromatic nitrogens is 4. The first-order valence-electron chi connectivity index (χ1n) is 6.65. The first-order chi connectivity index (χ1) is 10.4. The van der Waals surface area contributed by atoms with Gasteiger partial charge in [0.15, 0.2) is 5.82 Å². The zero-order chi connectivity index (χ0) is 16.3. The molecule has 0 atom stereocenters. The van der Waals surface area contributed by atoms with Crippen LogP contribution in [0.1, 0.15) is 24.2 Å². The van der Waals surface area contributed by atoms with E-state index in [1.54, 1.807) is 51.6 Å². The first-order valence-corrected chi connectivity index (χ1v) is 6.65. The van der Waals surface area contributed by atoms with Gasteiger partial charge in [0.05, 0.1) is 11.6 Å². The Morgan fingerprint density at radius 3 is 2.64 bits per heavy atom. The predicted octanol–water partition coefficient (Wildman–Crippen LogP) is 0.411. The van der Waals surface area contributed by atoms with E-state index in [9.17, 15) is 9.59 Å². The molecule has 3 N–H and O–H groups in total. The molecule has 0 saturated carbocycles. The quantitative estimate of drug-likeness (QED) is 0.834. The smallest absolute Gasteiger partial charge is 0.254 e. The van der Waals surface area contributed by atoms with Gasteiger partial charge in [0.25, 0.3) is 5.91 Å². The average Bonchev–Trinajstić information content (AvgIpc) is 3.12. The fraction of sp³-hybridized carbons (Fsp3) is 0.286. The lowest BCUT2D eigenvalue weighted by molar-refractivity contribution is -0.126. The molecule has 0 radical (unpaired) electrons. The van der Waals surface area contributed by atoms with Gasteiger partial charge < -0.3 is 11.1 Å². The van der Waals surface area contributed by atoms with Crippen LogP contribution in [0.5, 0.6) is 0 Å². The molecule has 0 aliphatic heterocycles. The van der Waals surface area contributed by atoms with Gasteiger partial charge in [0.1, 0.15) is 5.56 Å². The van der Waals surface area contributed by atoms with Crippen LogP contribution in [0.4, 0.5) is 0 Å². The predicted molar refractivity (Wildman–Crippen MR) is 81.0 cm³/mol. The van der Waals surface area contributed by atoms with Crippen molar-refractivity contribution in [3.63, 3.8) is 0 Å². The molecule has 2 aromatic rings. The van der Waals surface area contributed by atoms with Crippen molar-refractivity contribution in [1.29, 1.82) is 0 Å². The van der Waals surface area contributed by atoms with E-state index in [0.29, 0.717) is 5.82 Å². The lowest BCUT2D eigenvalue weighted by Gasteiger charge is -2.17. The largest absolute Gasteiger partial charge is 0.365 e. The molecule has 2 amide bonds. The molecule has 22 heavy (non-hydrogen) atoms. The third-order valence-corrected chi connectivity index (χ3v) is 3.20. The number of nitrogens with two attached hydrogens (primary N) is 1. The maximum Gasteiger partial charge on any atom is 0.254 e. The van der Waals surface area contributed by atoms with Crippen LogP contribution >= 0.6 is 0 Å². The maximum atomic E-state index is 11.8. The Bertz CT molecular complexity index is 712. The number of hydrogen-bond acceptors (Lipinski definition) is 4. The fourth-order valence-corrected chi connectivity index (χ4v) is 1.92. The van der Waals surface area contributed by atoms with E-state index in [0.717, 1.165) is 0 Å². The molecular formula is C14H18N6O2. The highest BCUT2D eigenvalue weighted by Gasteiger charge is 2.23. The third-order valence-electron chi connectivity index (χ3n) is 3.20. The summed E-state index contributed by atoms with van der Waals surface area (Å²) in [6.45, 7) is 3.54. The van der Waals surface area contributed by atoms with Gasteiger partial charge in [-0.3, -0.25) is 9.59 Å². The van der Waals surface area contributed by atoms with Gasteiger partial charge in [0.2, 0.25) is 5.91 Å². The Labute approximate surface area is 127 Å². The Kier molecular flexibility index (Phi) is 4.11. The molecule has 0 unspecified atom stereocenters. The van der Waals surface area contributed by atoms with Gasteiger partial charge in [-0.05, 0) is 19.9 Å². The van der Waals surface area contributed by atoms with Crippen LogP contribution < -0.4 is 11.1 Å². The van der Waals surface area contributed by atoms with E-state index < -0.39 is 11.3 Å². The van der Waals surface area contributed by atoms with E-state index in [4.69, 9.17) is 5.73 Å². The van der Waals surface area contributed by atoms with Crippen LogP contribution in [0.15, 0.2) is 30.7 Å². The molecule has 2 rings (SSSR count). The number of hydrogen-bond donors (Lipinski definition) is 2. The van der Waals surface area contributed by atoms with Crippen molar-refractivity contribution in [3.8, 4) is 5.82 Å².